The predicted octanol–water partition coefficient (Wildman–Crippen LogP) is 2.23. The fourth-order valence-corrected chi connectivity index (χ4v) is 1.85. The van der Waals surface area contributed by atoms with E-state index in [1.165, 1.54) is 0 Å². The summed E-state index contributed by atoms with van der Waals surface area (Å²) in [7, 11) is 6.20. The lowest BCUT2D eigenvalue weighted by molar-refractivity contribution is 0.416. The van der Waals surface area contributed by atoms with Crippen molar-refractivity contribution >= 4 is 17.4 Å². The monoisotopic (exact) mass is 284 g/mol. The SMILES string of the molecule is CCCNCc1cc(N(C)CCN(C)C)ncc1Cl. The highest BCUT2D eigenvalue weighted by Gasteiger charge is 2.07. The number of nitrogens with zero attached hydrogens (tertiary/aromatic N) is 3. The highest BCUT2D eigenvalue weighted by molar-refractivity contribution is 6.31. The number of halogens is 1. The first-order valence-electron chi connectivity index (χ1n) is 6.75. The van der Waals surface area contributed by atoms with Gasteiger partial charge in [0.25, 0.3) is 0 Å². The maximum atomic E-state index is 6.18. The molecule has 4 nitrogen and oxygen atoms in total. The van der Waals surface area contributed by atoms with Gasteiger partial charge in [0.05, 0.1) is 5.02 Å². The van der Waals surface area contributed by atoms with Gasteiger partial charge in [0.1, 0.15) is 5.82 Å². The molecule has 1 heterocycles. The molecule has 19 heavy (non-hydrogen) atoms. The number of rotatable bonds is 8. The van der Waals surface area contributed by atoms with Crippen LogP contribution in [-0.2, 0) is 6.54 Å². The molecule has 0 aliphatic carbocycles. The van der Waals surface area contributed by atoms with Crippen LogP contribution < -0.4 is 10.2 Å². The zero-order valence-corrected chi connectivity index (χ0v) is 13.2. The van der Waals surface area contributed by atoms with Gasteiger partial charge in [-0.3, -0.25) is 0 Å². The minimum atomic E-state index is 0.730. The standard InChI is InChI=1S/C14H25ClN4/c1-5-6-16-10-12-9-14(17-11-13(12)15)19(4)8-7-18(2)3/h9,11,16H,5-8,10H2,1-4H3. The van der Waals surface area contributed by atoms with Crippen molar-refractivity contribution in [2.75, 3.05) is 45.7 Å². The average Bonchev–Trinajstić information content (AvgIpc) is 2.38. The molecule has 0 unspecified atom stereocenters. The van der Waals surface area contributed by atoms with Crippen LogP contribution in [0.1, 0.15) is 18.9 Å². The van der Waals surface area contributed by atoms with Gasteiger partial charge in [-0.05, 0) is 38.7 Å². The van der Waals surface area contributed by atoms with Gasteiger partial charge in [-0.15, -0.1) is 0 Å². The number of likely N-dealkylation sites (N-methyl/N-ethyl adjacent to an activating group) is 2. The van der Waals surface area contributed by atoms with Crippen molar-refractivity contribution in [1.82, 2.24) is 15.2 Å². The largest absolute Gasteiger partial charge is 0.358 e. The molecule has 1 aromatic rings. The van der Waals surface area contributed by atoms with E-state index in [4.69, 9.17) is 11.6 Å². The Morgan fingerprint density at radius 2 is 2.00 bits per heavy atom. The summed E-state index contributed by atoms with van der Waals surface area (Å²) in [5.74, 6) is 0.972. The first-order valence-corrected chi connectivity index (χ1v) is 7.13. The molecule has 0 aliphatic heterocycles. The van der Waals surface area contributed by atoms with Crippen LogP contribution >= 0.6 is 11.6 Å². The van der Waals surface area contributed by atoms with E-state index in [9.17, 15) is 0 Å². The Balaban J connectivity index is 2.66. The molecule has 0 bridgehead atoms. The van der Waals surface area contributed by atoms with E-state index in [1.54, 1.807) is 6.20 Å². The van der Waals surface area contributed by atoms with Gasteiger partial charge in [-0.2, -0.15) is 0 Å². The number of hydrogen-bond donors (Lipinski definition) is 1. The molecule has 0 aliphatic rings. The van der Waals surface area contributed by atoms with Gasteiger partial charge >= 0.3 is 0 Å². The normalized spacial score (nSPS) is 11.1. The molecule has 0 atom stereocenters. The number of nitrogens with one attached hydrogen (secondary N) is 1. The summed E-state index contributed by atoms with van der Waals surface area (Å²) in [6.07, 6.45) is 2.87. The fraction of sp³-hybridized carbons (Fsp3) is 0.643. The molecule has 1 aromatic heterocycles. The molecular formula is C14H25ClN4. The third kappa shape index (κ3) is 5.76. The van der Waals surface area contributed by atoms with E-state index < -0.39 is 0 Å². The topological polar surface area (TPSA) is 31.4 Å². The molecule has 0 saturated heterocycles. The summed E-state index contributed by atoms with van der Waals surface area (Å²) in [6.45, 7) is 5.91. The van der Waals surface area contributed by atoms with Crippen LogP contribution in [0, 0.1) is 0 Å². The second kappa shape index (κ2) is 8.35. The minimum absolute atomic E-state index is 0.730. The molecular weight excluding hydrogens is 260 g/mol. The summed E-state index contributed by atoms with van der Waals surface area (Å²) in [4.78, 5) is 8.71. The second-order valence-corrected chi connectivity index (χ2v) is 5.44. The van der Waals surface area contributed by atoms with Crippen molar-refractivity contribution in [3.8, 4) is 0 Å². The van der Waals surface area contributed by atoms with Gasteiger partial charge in [0.15, 0.2) is 0 Å². The summed E-state index contributed by atoms with van der Waals surface area (Å²) in [6, 6.07) is 2.07. The van der Waals surface area contributed by atoms with Gasteiger partial charge < -0.3 is 15.1 Å². The first-order chi connectivity index (χ1) is 9.04. The van der Waals surface area contributed by atoms with E-state index in [0.717, 1.165) is 49.0 Å². The zero-order valence-electron chi connectivity index (χ0n) is 12.4. The Morgan fingerprint density at radius 3 is 2.63 bits per heavy atom. The van der Waals surface area contributed by atoms with Gasteiger partial charge in [0, 0.05) is 32.9 Å². The lowest BCUT2D eigenvalue weighted by Crippen LogP contribution is -2.29. The molecule has 0 radical (unpaired) electrons. The van der Waals surface area contributed by atoms with Gasteiger partial charge in [0.2, 0.25) is 0 Å². The van der Waals surface area contributed by atoms with E-state index in [0.29, 0.717) is 0 Å². The summed E-state index contributed by atoms with van der Waals surface area (Å²) in [5, 5.41) is 4.10. The predicted molar refractivity (Wildman–Crippen MR) is 83.1 cm³/mol. The molecule has 1 rings (SSSR count). The molecule has 0 amide bonds. The summed E-state index contributed by atoms with van der Waals surface area (Å²) < 4.78 is 0. The molecule has 0 spiro atoms. The maximum Gasteiger partial charge on any atom is 0.128 e. The maximum absolute atomic E-state index is 6.18. The number of anilines is 1. The fourth-order valence-electron chi connectivity index (χ4n) is 1.68. The molecule has 5 heteroatoms. The van der Waals surface area contributed by atoms with E-state index in [2.05, 4.69) is 54.2 Å². The molecule has 0 aromatic carbocycles. The van der Waals surface area contributed by atoms with Crippen molar-refractivity contribution in [3.05, 3.63) is 22.8 Å². The lowest BCUT2D eigenvalue weighted by Gasteiger charge is -2.21. The highest BCUT2D eigenvalue weighted by Crippen LogP contribution is 2.19. The number of hydrogen-bond acceptors (Lipinski definition) is 4. The van der Waals surface area contributed by atoms with Crippen LogP contribution in [0.4, 0.5) is 5.82 Å². The minimum Gasteiger partial charge on any atom is -0.358 e. The van der Waals surface area contributed by atoms with E-state index in [1.807, 2.05) is 0 Å². The quantitative estimate of drug-likeness (QED) is 0.742. The Bertz CT molecular complexity index is 382. The van der Waals surface area contributed by atoms with Crippen molar-refractivity contribution in [1.29, 1.82) is 0 Å². The molecule has 108 valence electrons. The van der Waals surface area contributed by atoms with Crippen LogP contribution in [0.15, 0.2) is 12.3 Å². The Labute approximate surface area is 121 Å². The Morgan fingerprint density at radius 1 is 1.26 bits per heavy atom. The Hall–Kier alpha value is -0.840. The number of aromatic nitrogens is 1. The van der Waals surface area contributed by atoms with Crippen molar-refractivity contribution in [2.24, 2.45) is 0 Å². The molecule has 0 fully saturated rings. The van der Waals surface area contributed by atoms with E-state index in [-0.39, 0.29) is 0 Å². The summed E-state index contributed by atoms with van der Waals surface area (Å²) >= 11 is 6.18. The first kappa shape index (κ1) is 16.2. The highest BCUT2D eigenvalue weighted by atomic mass is 35.5. The van der Waals surface area contributed by atoms with Crippen LogP contribution in [0.5, 0.6) is 0 Å². The van der Waals surface area contributed by atoms with Crippen molar-refractivity contribution in [2.45, 2.75) is 19.9 Å². The second-order valence-electron chi connectivity index (χ2n) is 5.04. The lowest BCUT2D eigenvalue weighted by atomic mass is 10.2. The van der Waals surface area contributed by atoms with E-state index >= 15 is 0 Å². The van der Waals surface area contributed by atoms with Crippen LogP contribution in [-0.4, -0.2) is 50.7 Å². The smallest absolute Gasteiger partial charge is 0.128 e. The van der Waals surface area contributed by atoms with Crippen LogP contribution in [0.3, 0.4) is 0 Å². The van der Waals surface area contributed by atoms with Crippen molar-refractivity contribution < 1.29 is 0 Å². The zero-order chi connectivity index (χ0) is 14.3. The van der Waals surface area contributed by atoms with Crippen LogP contribution in [0.2, 0.25) is 5.02 Å². The molecule has 0 saturated carbocycles. The summed E-state index contributed by atoms with van der Waals surface area (Å²) in [5.41, 5.74) is 1.11. The third-order valence-corrected chi connectivity index (χ3v) is 3.28. The third-order valence-electron chi connectivity index (χ3n) is 2.94. The van der Waals surface area contributed by atoms with Gasteiger partial charge in [-0.25, -0.2) is 4.98 Å². The Kier molecular flexibility index (Phi) is 7.13. The number of pyridine rings is 1. The van der Waals surface area contributed by atoms with Crippen molar-refractivity contribution in [3.63, 3.8) is 0 Å². The van der Waals surface area contributed by atoms with Gasteiger partial charge in [-0.1, -0.05) is 18.5 Å². The van der Waals surface area contributed by atoms with Crippen LogP contribution in [0.25, 0.3) is 0 Å². The molecule has 1 N–H and O–H groups in total. The average molecular weight is 285 g/mol.